The van der Waals surface area contributed by atoms with E-state index in [0.717, 1.165) is 59.4 Å². The minimum absolute atomic E-state index is 0.0379. The van der Waals surface area contributed by atoms with Gasteiger partial charge in [0.05, 0.1) is 6.61 Å². The summed E-state index contributed by atoms with van der Waals surface area (Å²) < 4.78 is 5.88. The summed E-state index contributed by atoms with van der Waals surface area (Å²) in [7, 11) is 0. The van der Waals surface area contributed by atoms with Crippen LogP contribution in [0.3, 0.4) is 0 Å². The first kappa shape index (κ1) is 36.0. The molecule has 1 heterocycles. The van der Waals surface area contributed by atoms with Crippen molar-refractivity contribution in [2.45, 2.75) is 84.6 Å². The van der Waals surface area contributed by atoms with Crippen LogP contribution >= 0.6 is 0 Å². The quantitative estimate of drug-likeness (QED) is 0.0778. The summed E-state index contributed by atoms with van der Waals surface area (Å²) in [6.45, 7) is 6.45. The number of rotatable bonds is 19. The van der Waals surface area contributed by atoms with Crippen LogP contribution < -0.4 is 10.1 Å². The molecule has 0 radical (unpaired) electrons. The summed E-state index contributed by atoms with van der Waals surface area (Å²) in [5.41, 5.74) is 5.24. The first-order valence-corrected chi connectivity index (χ1v) is 17.1. The minimum Gasteiger partial charge on any atom is -0.494 e. The molecule has 0 spiro atoms. The van der Waals surface area contributed by atoms with Gasteiger partial charge in [-0.25, -0.2) is 9.97 Å². The summed E-state index contributed by atoms with van der Waals surface area (Å²) in [5.74, 6) is -1.08. The van der Waals surface area contributed by atoms with E-state index in [0.29, 0.717) is 11.4 Å². The van der Waals surface area contributed by atoms with Gasteiger partial charge in [-0.2, -0.15) is 0 Å². The molecule has 0 bridgehead atoms. The van der Waals surface area contributed by atoms with E-state index in [1.54, 1.807) is 24.5 Å². The van der Waals surface area contributed by atoms with Crippen molar-refractivity contribution in [3.05, 3.63) is 102 Å². The molecule has 0 saturated heterocycles. The van der Waals surface area contributed by atoms with Crippen LogP contribution in [0.4, 0.5) is 0 Å². The number of nitrogens with zero attached hydrogens (tertiary/aromatic N) is 2. The van der Waals surface area contributed by atoms with Crippen LogP contribution in [-0.4, -0.2) is 45.4 Å². The molecule has 4 rings (SSSR count). The molecule has 0 aliphatic heterocycles. The molecule has 4 aromatic rings. The zero-order valence-electron chi connectivity index (χ0n) is 28.3. The fraction of sp³-hybridized carbons (Fsp3) is 0.375. The molecule has 48 heavy (non-hydrogen) atoms. The number of Topliss-reactive ketones (excluding diaryl/α,β-unsaturated/α-hetero) is 1. The van der Waals surface area contributed by atoms with Crippen LogP contribution in [0.2, 0.25) is 0 Å². The van der Waals surface area contributed by atoms with Crippen LogP contribution in [-0.2, 0) is 22.4 Å². The Bertz CT molecular complexity index is 1600. The van der Waals surface area contributed by atoms with Gasteiger partial charge >= 0.3 is 5.97 Å². The molecule has 2 atom stereocenters. The number of carboxylic acids is 1. The topological polar surface area (TPSA) is 118 Å². The van der Waals surface area contributed by atoms with Crippen molar-refractivity contribution in [2.75, 3.05) is 6.61 Å². The highest BCUT2D eigenvalue weighted by Gasteiger charge is 2.26. The molecule has 8 heteroatoms. The summed E-state index contributed by atoms with van der Waals surface area (Å²) >= 11 is 0. The first-order valence-electron chi connectivity index (χ1n) is 17.1. The van der Waals surface area contributed by atoms with Crippen molar-refractivity contribution in [3.63, 3.8) is 0 Å². The van der Waals surface area contributed by atoms with Crippen molar-refractivity contribution < 1.29 is 24.2 Å². The van der Waals surface area contributed by atoms with Gasteiger partial charge < -0.3 is 15.2 Å². The molecule has 0 saturated carbocycles. The monoisotopic (exact) mass is 649 g/mol. The Labute approximate surface area is 284 Å². The average molecular weight is 650 g/mol. The number of carbonyl (C=O) groups excluding carboxylic acids is 2. The molecule has 3 aromatic carbocycles. The predicted molar refractivity (Wildman–Crippen MR) is 189 cm³/mol. The third-order valence-corrected chi connectivity index (χ3v) is 8.40. The van der Waals surface area contributed by atoms with Gasteiger partial charge in [0.1, 0.15) is 11.8 Å². The lowest BCUT2D eigenvalue weighted by Crippen LogP contribution is -2.42. The molecule has 2 N–H and O–H groups in total. The zero-order valence-corrected chi connectivity index (χ0v) is 28.3. The number of ketones is 1. The predicted octanol–water partition coefficient (Wildman–Crippen LogP) is 8.13. The first-order chi connectivity index (χ1) is 23.3. The van der Waals surface area contributed by atoms with E-state index in [1.165, 1.54) is 32.6 Å². The van der Waals surface area contributed by atoms with E-state index < -0.39 is 23.8 Å². The van der Waals surface area contributed by atoms with E-state index in [1.807, 2.05) is 60.7 Å². The highest BCUT2D eigenvalue weighted by atomic mass is 16.5. The van der Waals surface area contributed by atoms with Gasteiger partial charge in [0.2, 0.25) is 5.91 Å². The second-order valence-corrected chi connectivity index (χ2v) is 12.3. The van der Waals surface area contributed by atoms with Crippen LogP contribution in [0.25, 0.3) is 22.5 Å². The third kappa shape index (κ3) is 10.9. The van der Waals surface area contributed by atoms with Gasteiger partial charge in [0.15, 0.2) is 11.6 Å². The van der Waals surface area contributed by atoms with Gasteiger partial charge in [-0.15, -0.1) is 0 Å². The van der Waals surface area contributed by atoms with Crippen LogP contribution in [0.15, 0.2) is 85.2 Å². The smallest absolute Gasteiger partial charge is 0.325 e. The second-order valence-electron chi connectivity index (χ2n) is 12.3. The molecule has 1 aromatic heterocycles. The second kappa shape index (κ2) is 18.5. The Morgan fingerprint density at radius 2 is 1.38 bits per heavy atom. The highest BCUT2D eigenvalue weighted by Crippen LogP contribution is 2.25. The number of carbonyl (C=O) groups is 3. The van der Waals surface area contributed by atoms with E-state index >= 15 is 0 Å². The number of hydrogen-bond donors (Lipinski definition) is 2. The minimum atomic E-state index is -1.13. The molecular formula is C40H47N3O5. The van der Waals surface area contributed by atoms with E-state index in [4.69, 9.17) is 4.74 Å². The van der Waals surface area contributed by atoms with Gasteiger partial charge in [-0.3, -0.25) is 14.4 Å². The average Bonchev–Trinajstić information content (AvgIpc) is 3.10. The van der Waals surface area contributed by atoms with Crippen molar-refractivity contribution >= 4 is 17.7 Å². The summed E-state index contributed by atoms with van der Waals surface area (Å²) in [6.07, 6.45) is 11.8. The van der Waals surface area contributed by atoms with Gasteiger partial charge in [0, 0.05) is 41.4 Å². The molecule has 1 amide bonds. The Hall–Kier alpha value is -4.85. The number of aromatic nitrogens is 2. The van der Waals surface area contributed by atoms with E-state index in [-0.39, 0.29) is 18.6 Å². The molecule has 252 valence electrons. The van der Waals surface area contributed by atoms with E-state index in [9.17, 15) is 19.5 Å². The van der Waals surface area contributed by atoms with Gasteiger partial charge in [-0.1, -0.05) is 107 Å². The Morgan fingerprint density at radius 1 is 0.750 bits per heavy atom. The lowest BCUT2D eigenvalue weighted by molar-refractivity contribution is -0.141. The summed E-state index contributed by atoms with van der Waals surface area (Å²) in [4.78, 5) is 46.9. The van der Waals surface area contributed by atoms with Crippen molar-refractivity contribution in [3.8, 4) is 28.3 Å². The number of nitrogens with one attached hydrogen (secondary N) is 1. The molecule has 0 aliphatic rings. The normalized spacial score (nSPS) is 12.2. The number of amides is 1. The number of aryl methyl sites for hydroxylation is 1. The Kier molecular flexibility index (Phi) is 13.9. The Morgan fingerprint density at radius 3 is 2.00 bits per heavy atom. The molecule has 0 unspecified atom stereocenters. The van der Waals surface area contributed by atoms with Gasteiger partial charge in [-0.05, 0) is 55.0 Å². The number of benzene rings is 3. The van der Waals surface area contributed by atoms with E-state index in [2.05, 4.69) is 29.1 Å². The molecular weight excluding hydrogens is 602 g/mol. The maximum atomic E-state index is 13.2. The molecule has 0 fully saturated rings. The Balaban J connectivity index is 1.39. The fourth-order valence-electron chi connectivity index (χ4n) is 5.48. The van der Waals surface area contributed by atoms with Crippen molar-refractivity contribution in [1.29, 1.82) is 0 Å². The van der Waals surface area contributed by atoms with Crippen LogP contribution in [0.1, 0.15) is 87.2 Å². The zero-order chi connectivity index (χ0) is 34.3. The number of carboxylic acid groups (broad SMARTS) is 1. The number of unbranched alkanes of at least 4 members (excludes halogenated alkanes) is 4. The SMILES string of the molecule is CCCCCCCOc1ccc(-c2cnc(-c3ccc(C[C@H](CC(=O)c4ccc(CCC)cc4)C(=O)N[C@H](C)C(=O)O)cc3)nc2)cc1. The third-order valence-electron chi connectivity index (χ3n) is 8.40. The number of ether oxygens (including phenoxy) is 1. The van der Waals surface area contributed by atoms with Gasteiger partial charge in [0.25, 0.3) is 0 Å². The largest absolute Gasteiger partial charge is 0.494 e. The van der Waals surface area contributed by atoms with Crippen LogP contribution in [0, 0.1) is 5.92 Å². The summed E-state index contributed by atoms with van der Waals surface area (Å²) in [6, 6.07) is 21.9. The number of aliphatic carboxylic acids is 1. The molecule has 8 nitrogen and oxygen atoms in total. The molecule has 0 aliphatic carbocycles. The fourth-order valence-corrected chi connectivity index (χ4v) is 5.48. The highest BCUT2D eigenvalue weighted by molar-refractivity contribution is 5.99. The maximum Gasteiger partial charge on any atom is 0.325 e. The summed E-state index contributed by atoms with van der Waals surface area (Å²) in [5, 5.41) is 11.9. The van der Waals surface area contributed by atoms with Crippen molar-refractivity contribution in [1.82, 2.24) is 15.3 Å². The lowest BCUT2D eigenvalue weighted by atomic mass is 9.90. The number of hydrogen-bond acceptors (Lipinski definition) is 6. The van der Waals surface area contributed by atoms with Crippen molar-refractivity contribution in [2.24, 2.45) is 5.92 Å². The standard InChI is InChI=1S/C40H47N3O5/c1-4-6-7-8-9-23-48-36-21-19-31(20-22-36)35-26-41-38(42-27-35)33-17-13-30(14-18-33)24-34(39(45)43-28(3)40(46)47)25-37(44)32-15-11-29(10-5-2)12-16-32/h11-22,26-28,34H,4-10,23-25H2,1-3H3,(H,43,45)(H,46,47)/t28-,34-/m1/s1. The maximum absolute atomic E-state index is 13.2. The lowest BCUT2D eigenvalue weighted by Gasteiger charge is -2.18. The van der Waals surface area contributed by atoms with Crippen LogP contribution in [0.5, 0.6) is 5.75 Å².